The van der Waals surface area contributed by atoms with Gasteiger partial charge < -0.3 is 20.3 Å². The number of nitrogens with one attached hydrogen (secondary N) is 2. The van der Waals surface area contributed by atoms with Crippen LogP contribution in [0.25, 0.3) is 11.0 Å². The number of furan rings is 1. The Morgan fingerprint density at radius 2 is 2.13 bits per heavy atom. The molecule has 0 saturated carbocycles. The number of oxime groups is 1. The Kier molecular flexibility index (Phi) is 5.17. The van der Waals surface area contributed by atoms with E-state index in [1.54, 1.807) is 12.3 Å². The maximum atomic E-state index is 12.7. The number of aromatic nitrogens is 1. The number of aryl methyl sites for hydroxylation is 1. The Morgan fingerprint density at radius 3 is 2.90 bits per heavy atom. The van der Waals surface area contributed by atoms with Gasteiger partial charge in [0.1, 0.15) is 9.84 Å². The van der Waals surface area contributed by atoms with Crippen molar-refractivity contribution < 1.29 is 22.8 Å². The van der Waals surface area contributed by atoms with Crippen molar-refractivity contribution in [2.45, 2.75) is 12.8 Å². The zero-order chi connectivity index (χ0) is 21.3. The van der Waals surface area contributed by atoms with E-state index in [0.717, 1.165) is 29.5 Å². The van der Waals surface area contributed by atoms with E-state index in [1.807, 2.05) is 18.2 Å². The zero-order valence-electron chi connectivity index (χ0n) is 16.2. The Bertz CT molecular complexity index is 1260. The third-order valence-corrected chi connectivity index (χ3v) is 5.84. The molecule has 1 aliphatic carbocycles. The third-order valence-electron chi connectivity index (χ3n) is 4.89. The Hall–Kier alpha value is -3.40. The van der Waals surface area contributed by atoms with Crippen LogP contribution in [0.5, 0.6) is 0 Å². The second kappa shape index (κ2) is 7.79. The van der Waals surface area contributed by atoms with Gasteiger partial charge in [-0.1, -0.05) is 11.2 Å². The SMILES string of the molecule is CS(=O)(=O)CCNC(=O)c1oc2cnccc2c1Nc1ccc2c(c1)CCC2=NO. The molecule has 1 aromatic carbocycles. The first-order valence-corrected chi connectivity index (χ1v) is 11.4. The molecule has 156 valence electrons. The molecule has 1 amide bonds. The molecule has 3 aromatic rings. The topological polar surface area (TPSA) is 134 Å². The van der Waals surface area contributed by atoms with Crippen LogP contribution in [0.3, 0.4) is 0 Å². The number of pyridine rings is 1. The van der Waals surface area contributed by atoms with Gasteiger partial charge >= 0.3 is 0 Å². The lowest BCUT2D eigenvalue weighted by Gasteiger charge is -2.09. The molecule has 3 N–H and O–H groups in total. The highest BCUT2D eigenvalue weighted by atomic mass is 32.2. The summed E-state index contributed by atoms with van der Waals surface area (Å²) in [6.45, 7) is -0.0193. The lowest BCUT2D eigenvalue weighted by Crippen LogP contribution is -2.28. The van der Waals surface area contributed by atoms with Crippen LogP contribution in [-0.4, -0.2) is 48.8 Å². The van der Waals surface area contributed by atoms with E-state index in [0.29, 0.717) is 28.8 Å². The molecule has 4 rings (SSSR count). The van der Waals surface area contributed by atoms with E-state index in [4.69, 9.17) is 9.62 Å². The van der Waals surface area contributed by atoms with Gasteiger partial charge in [-0.05, 0) is 36.6 Å². The monoisotopic (exact) mass is 428 g/mol. The van der Waals surface area contributed by atoms with Gasteiger partial charge in [-0.2, -0.15) is 0 Å². The van der Waals surface area contributed by atoms with Gasteiger partial charge in [-0.25, -0.2) is 8.42 Å². The van der Waals surface area contributed by atoms with Crippen molar-refractivity contribution in [2.75, 3.05) is 23.9 Å². The number of rotatable bonds is 6. The number of hydrogen-bond acceptors (Lipinski definition) is 8. The van der Waals surface area contributed by atoms with Crippen LogP contribution < -0.4 is 10.6 Å². The highest BCUT2D eigenvalue weighted by molar-refractivity contribution is 7.90. The molecule has 10 heteroatoms. The molecule has 0 spiro atoms. The standard InChI is InChI=1S/C20H20N4O5S/c1-30(27,28)9-8-22-20(25)19-18(15-6-7-21-11-17(15)29-19)23-13-3-4-14-12(10-13)2-5-16(14)24-26/h3-4,6-7,10-11,23,26H,2,5,8-9H2,1H3,(H,22,25). The van der Waals surface area contributed by atoms with Crippen LogP contribution in [0.2, 0.25) is 0 Å². The summed E-state index contributed by atoms with van der Waals surface area (Å²) < 4.78 is 28.3. The maximum Gasteiger partial charge on any atom is 0.289 e. The molecule has 1 aliphatic rings. The minimum absolute atomic E-state index is 0.0193. The average molecular weight is 428 g/mol. The van der Waals surface area contributed by atoms with Crippen molar-refractivity contribution in [2.24, 2.45) is 5.16 Å². The van der Waals surface area contributed by atoms with Crippen LogP contribution in [-0.2, 0) is 16.3 Å². The summed E-state index contributed by atoms with van der Waals surface area (Å²) in [6, 6.07) is 7.38. The van der Waals surface area contributed by atoms with Crippen molar-refractivity contribution >= 4 is 43.8 Å². The molecule has 0 bridgehead atoms. The summed E-state index contributed by atoms with van der Waals surface area (Å²) in [5, 5.41) is 18.9. The van der Waals surface area contributed by atoms with Crippen molar-refractivity contribution in [3.8, 4) is 0 Å². The summed E-state index contributed by atoms with van der Waals surface area (Å²) in [7, 11) is -3.20. The van der Waals surface area contributed by atoms with Crippen molar-refractivity contribution in [1.29, 1.82) is 0 Å². The smallest absolute Gasteiger partial charge is 0.289 e. The van der Waals surface area contributed by atoms with E-state index in [9.17, 15) is 13.2 Å². The third kappa shape index (κ3) is 3.99. The Balaban J connectivity index is 1.65. The summed E-state index contributed by atoms with van der Waals surface area (Å²) in [6.07, 6.45) is 5.66. The molecule has 0 saturated heterocycles. The molecule has 2 aromatic heterocycles. The summed E-state index contributed by atoms with van der Waals surface area (Å²) in [5.41, 5.74) is 4.26. The van der Waals surface area contributed by atoms with Gasteiger partial charge in [0.25, 0.3) is 5.91 Å². The zero-order valence-corrected chi connectivity index (χ0v) is 17.0. The normalized spacial score (nSPS) is 14.8. The van der Waals surface area contributed by atoms with Gasteiger partial charge in [-0.3, -0.25) is 9.78 Å². The van der Waals surface area contributed by atoms with E-state index >= 15 is 0 Å². The van der Waals surface area contributed by atoms with Crippen LogP contribution in [0.4, 0.5) is 11.4 Å². The van der Waals surface area contributed by atoms with E-state index in [-0.39, 0.29) is 18.1 Å². The van der Waals surface area contributed by atoms with Gasteiger partial charge in [0.2, 0.25) is 5.76 Å². The van der Waals surface area contributed by atoms with E-state index in [1.165, 1.54) is 6.20 Å². The van der Waals surface area contributed by atoms with Crippen molar-refractivity contribution in [3.63, 3.8) is 0 Å². The predicted octanol–water partition coefficient (Wildman–Crippen LogP) is 2.47. The van der Waals surface area contributed by atoms with Crippen LogP contribution >= 0.6 is 0 Å². The molecular formula is C20H20N4O5S. The second-order valence-electron chi connectivity index (χ2n) is 7.11. The molecule has 0 aliphatic heterocycles. The number of sulfone groups is 1. The Labute approximate surface area is 172 Å². The fourth-order valence-corrected chi connectivity index (χ4v) is 3.93. The summed E-state index contributed by atoms with van der Waals surface area (Å²) in [5.74, 6) is -0.638. The summed E-state index contributed by atoms with van der Waals surface area (Å²) >= 11 is 0. The molecule has 0 fully saturated rings. The number of anilines is 2. The minimum atomic E-state index is -3.20. The molecule has 0 unspecified atom stereocenters. The van der Waals surface area contributed by atoms with Gasteiger partial charge in [-0.15, -0.1) is 0 Å². The number of carbonyl (C=O) groups is 1. The average Bonchev–Trinajstić information content (AvgIpc) is 3.28. The maximum absolute atomic E-state index is 12.7. The highest BCUT2D eigenvalue weighted by Gasteiger charge is 2.23. The lowest BCUT2D eigenvalue weighted by molar-refractivity contribution is 0.0932. The number of carbonyl (C=O) groups excluding carboxylic acids is 1. The number of fused-ring (bicyclic) bond motifs is 2. The number of amides is 1. The fourth-order valence-electron chi connectivity index (χ4n) is 3.46. The lowest BCUT2D eigenvalue weighted by atomic mass is 10.1. The molecule has 0 atom stereocenters. The molecule has 0 radical (unpaired) electrons. The summed E-state index contributed by atoms with van der Waals surface area (Å²) in [4.78, 5) is 16.7. The molecule has 9 nitrogen and oxygen atoms in total. The van der Waals surface area contributed by atoms with E-state index < -0.39 is 15.7 Å². The highest BCUT2D eigenvalue weighted by Crippen LogP contribution is 2.34. The van der Waals surface area contributed by atoms with Gasteiger partial charge in [0.05, 0.1) is 23.3 Å². The Morgan fingerprint density at radius 1 is 1.30 bits per heavy atom. The predicted molar refractivity (Wildman–Crippen MR) is 112 cm³/mol. The van der Waals surface area contributed by atoms with Crippen LogP contribution in [0.1, 0.15) is 28.1 Å². The quantitative estimate of drug-likeness (QED) is 0.406. The van der Waals surface area contributed by atoms with Gasteiger partial charge in [0.15, 0.2) is 5.58 Å². The number of hydrogen-bond donors (Lipinski definition) is 3. The minimum Gasteiger partial charge on any atom is -0.447 e. The molecule has 2 heterocycles. The number of nitrogens with zero attached hydrogens (tertiary/aromatic N) is 2. The molecular weight excluding hydrogens is 408 g/mol. The van der Waals surface area contributed by atoms with Crippen LogP contribution in [0.15, 0.2) is 46.2 Å². The largest absolute Gasteiger partial charge is 0.447 e. The first-order valence-electron chi connectivity index (χ1n) is 9.29. The molecule has 30 heavy (non-hydrogen) atoms. The first kappa shape index (κ1) is 19.9. The second-order valence-corrected chi connectivity index (χ2v) is 9.37. The van der Waals surface area contributed by atoms with Crippen LogP contribution in [0, 0.1) is 0 Å². The van der Waals surface area contributed by atoms with E-state index in [2.05, 4.69) is 20.8 Å². The fraction of sp³-hybridized carbons (Fsp3) is 0.250. The van der Waals surface area contributed by atoms with Crippen molar-refractivity contribution in [3.05, 3.63) is 53.5 Å². The van der Waals surface area contributed by atoms with Crippen molar-refractivity contribution in [1.82, 2.24) is 10.3 Å². The number of benzene rings is 1. The first-order chi connectivity index (χ1) is 14.4. The van der Waals surface area contributed by atoms with Gasteiger partial charge in [0, 0.05) is 35.6 Å².